The van der Waals surface area contributed by atoms with Crippen molar-refractivity contribution in [3.8, 4) is 0 Å². The van der Waals surface area contributed by atoms with Crippen LogP contribution in [0.25, 0.3) is 0 Å². The number of hydrogen-bond acceptors (Lipinski definition) is 4. The fourth-order valence-corrected chi connectivity index (χ4v) is 5.01. The van der Waals surface area contributed by atoms with E-state index in [9.17, 15) is 14.0 Å². The van der Waals surface area contributed by atoms with Crippen molar-refractivity contribution < 1.29 is 14.0 Å². The number of rotatable bonds is 6. The molecule has 33 heavy (non-hydrogen) atoms. The van der Waals surface area contributed by atoms with Crippen molar-refractivity contribution in [2.45, 2.75) is 44.3 Å². The number of anilines is 1. The van der Waals surface area contributed by atoms with Crippen LogP contribution in [-0.4, -0.2) is 28.8 Å². The van der Waals surface area contributed by atoms with Gasteiger partial charge in [0.05, 0.1) is 4.88 Å². The van der Waals surface area contributed by atoms with Crippen molar-refractivity contribution in [3.05, 3.63) is 86.8 Å². The van der Waals surface area contributed by atoms with Gasteiger partial charge in [-0.2, -0.15) is 0 Å². The van der Waals surface area contributed by atoms with E-state index in [1.807, 2.05) is 11.4 Å². The summed E-state index contributed by atoms with van der Waals surface area (Å²) in [7, 11) is 0. The molecule has 2 atom stereocenters. The van der Waals surface area contributed by atoms with E-state index in [2.05, 4.69) is 5.32 Å². The van der Waals surface area contributed by atoms with E-state index in [-0.39, 0.29) is 36.0 Å². The van der Waals surface area contributed by atoms with E-state index in [0.29, 0.717) is 21.2 Å². The maximum absolute atomic E-state index is 13.8. The topological polar surface area (TPSA) is 75.4 Å². The summed E-state index contributed by atoms with van der Waals surface area (Å²) in [6.45, 7) is 0.204. The third-order valence-electron chi connectivity index (χ3n) is 5.90. The van der Waals surface area contributed by atoms with Gasteiger partial charge in [0.15, 0.2) is 0 Å². The minimum atomic E-state index is -0.468. The predicted octanol–water partition coefficient (Wildman–Crippen LogP) is 5.71. The fraction of sp³-hybridized carbons (Fsp3) is 0.280. The lowest BCUT2D eigenvalue weighted by atomic mass is 9.89. The maximum Gasteiger partial charge on any atom is 0.265 e. The van der Waals surface area contributed by atoms with Gasteiger partial charge >= 0.3 is 0 Å². The Bertz CT molecular complexity index is 1140. The van der Waals surface area contributed by atoms with Crippen LogP contribution in [0.1, 0.15) is 51.3 Å². The monoisotopic (exact) mass is 485 g/mol. The normalized spacial score (nSPS) is 18.0. The van der Waals surface area contributed by atoms with Crippen molar-refractivity contribution in [2.24, 2.45) is 5.73 Å². The van der Waals surface area contributed by atoms with E-state index in [1.54, 1.807) is 35.2 Å². The van der Waals surface area contributed by atoms with Crippen LogP contribution in [0.2, 0.25) is 5.02 Å². The molecule has 1 fully saturated rings. The molecule has 1 aliphatic carbocycles. The minimum Gasteiger partial charge on any atom is -0.330 e. The molecule has 172 valence electrons. The van der Waals surface area contributed by atoms with Gasteiger partial charge in [0.1, 0.15) is 5.82 Å². The van der Waals surface area contributed by atoms with Gasteiger partial charge in [-0.1, -0.05) is 36.6 Å². The molecule has 0 bridgehead atoms. The molecule has 5 nitrogen and oxygen atoms in total. The Labute approximate surface area is 201 Å². The number of nitrogens with one attached hydrogen (secondary N) is 1. The first kappa shape index (κ1) is 23.4. The number of nitrogens with two attached hydrogens (primary N) is 1. The number of halogens is 2. The molecule has 4 rings (SSSR count). The Morgan fingerprint density at radius 1 is 1.12 bits per heavy atom. The number of carbonyl (C=O) groups excluding carboxylic acids is 2. The zero-order chi connectivity index (χ0) is 23.4. The predicted molar refractivity (Wildman–Crippen MR) is 130 cm³/mol. The van der Waals surface area contributed by atoms with Gasteiger partial charge in [0, 0.05) is 34.9 Å². The first-order valence-electron chi connectivity index (χ1n) is 10.9. The van der Waals surface area contributed by atoms with E-state index in [0.717, 1.165) is 25.7 Å². The summed E-state index contributed by atoms with van der Waals surface area (Å²) in [6.07, 6.45) is 3.58. The highest BCUT2D eigenvalue weighted by Gasteiger charge is 2.32. The van der Waals surface area contributed by atoms with Crippen LogP contribution in [-0.2, 0) is 6.54 Å². The van der Waals surface area contributed by atoms with Crippen LogP contribution in [0.3, 0.4) is 0 Å². The maximum atomic E-state index is 13.8. The first-order chi connectivity index (χ1) is 15.9. The summed E-state index contributed by atoms with van der Waals surface area (Å²) in [4.78, 5) is 28.2. The number of thiophene rings is 1. The Kier molecular flexibility index (Phi) is 7.42. The van der Waals surface area contributed by atoms with E-state index >= 15 is 0 Å². The van der Waals surface area contributed by atoms with Crippen LogP contribution in [0.15, 0.2) is 60.0 Å². The number of amides is 2. The lowest BCUT2D eigenvalue weighted by Crippen LogP contribution is -2.51. The molecule has 2 aromatic carbocycles. The molecular weight excluding hydrogens is 461 g/mol. The second-order valence-corrected chi connectivity index (χ2v) is 9.55. The Balaban J connectivity index is 1.62. The summed E-state index contributed by atoms with van der Waals surface area (Å²) >= 11 is 7.84. The SMILES string of the molecule is NC1CCCCC1N(Cc1cc(NC(=O)c2cccs2)ccc1Cl)C(=O)c1cccc(F)c1. The van der Waals surface area contributed by atoms with Crippen molar-refractivity contribution in [1.82, 2.24) is 4.90 Å². The second-order valence-electron chi connectivity index (χ2n) is 8.20. The van der Waals surface area contributed by atoms with Crippen molar-refractivity contribution in [1.29, 1.82) is 0 Å². The van der Waals surface area contributed by atoms with Crippen LogP contribution < -0.4 is 11.1 Å². The highest BCUT2D eigenvalue weighted by molar-refractivity contribution is 7.12. The Hall–Kier alpha value is -2.74. The minimum absolute atomic E-state index is 0.170. The third kappa shape index (κ3) is 5.61. The molecule has 1 aromatic heterocycles. The zero-order valence-electron chi connectivity index (χ0n) is 18.0. The lowest BCUT2D eigenvalue weighted by Gasteiger charge is -2.38. The van der Waals surface area contributed by atoms with Gasteiger partial charge in [0.2, 0.25) is 0 Å². The molecule has 2 amide bonds. The van der Waals surface area contributed by atoms with Gasteiger partial charge in [-0.05, 0) is 66.2 Å². The largest absolute Gasteiger partial charge is 0.330 e. The third-order valence-corrected chi connectivity index (χ3v) is 7.14. The van der Waals surface area contributed by atoms with Crippen LogP contribution in [0, 0.1) is 5.82 Å². The Morgan fingerprint density at radius 2 is 1.94 bits per heavy atom. The quantitative estimate of drug-likeness (QED) is 0.470. The van der Waals surface area contributed by atoms with Crippen LogP contribution in [0.4, 0.5) is 10.1 Å². The summed E-state index contributed by atoms with van der Waals surface area (Å²) < 4.78 is 13.8. The van der Waals surface area contributed by atoms with Crippen LogP contribution in [0.5, 0.6) is 0 Å². The summed E-state index contributed by atoms with van der Waals surface area (Å²) in [5.41, 5.74) is 7.95. The number of hydrogen-bond donors (Lipinski definition) is 2. The number of carbonyl (C=O) groups is 2. The van der Waals surface area contributed by atoms with E-state index in [4.69, 9.17) is 17.3 Å². The Morgan fingerprint density at radius 3 is 2.67 bits per heavy atom. The van der Waals surface area contributed by atoms with Gasteiger partial charge in [-0.15, -0.1) is 11.3 Å². The first-order valence-corrected chi connectivity index (χ1v) is 12.1. The van der Waals surface area contributed by atoms with Gasteiger partial charge in [-0.25, -0.2) is 4.39 Å². The molecule has 0 radical (unpaired) electrons. The average Bonchev–Trinajstić information content (AvgIpc) is 3.35. The molecule has 0 aliphatic heterocycles. The molecule has 0 spiro atoms. The zero-order valence-corrected chi connectivity index (χ0v) is 19.5. The highest BCUT2D eigenvalue weighted by atomic mass is 35.5. The van der Waals surface area contributed by atoms with Crippen molar-refractivity contribution in [3.63, 3.8) is 0 Å². The lowest BCUT2D eigenvalue weighted by molar-refractivity contribution is 0.0583. The number of benzene rings is 2. The molecule has 3 N–H and O–H groups in total. The van der Waals surface area contributed by atoms with E-state index in [1.165, 1.54) is 29.5 Å². The van der Waals surface area contributed by atoms with E-state index < -0.39 is 5.82 Å². The second kappa shape index (κ2) is 10.5. The van der Waals surface area contributed by atoms with Gasteiger partial charge < -0.3 is 16.0 Å². The van der Waals surface area contributed by atoms with Crippen molar-refractivity contribution >= 4 is 40.4 Å². The summed E-state index contributed by atoms with van der Waals surface area (Å²) in [6, 6.07) is 14.1. The molecule has 3 aromatic rings. The number of nitrogens with zero attached hydrogens (tertiary/aromatic N) is 1. The average molecular weight is 486 g/mol. The highest BCUT2D eigenvalue weighted by Crippen LogP contribution is 2.29. The summed E-state index contributed by atoms with van der Waals surface area (Å²) in [5, 5.41) is 5.19. The van der Waals surface area contributed by atoms with Gasteiger partial charge in [-0.3, -0.25) is 9.59 Å². The molecule has 2 unspecified atom stereocenters. The molecule has 1 heterocycles. The molecule has 1 saturated carbocycles. The standard InChI is InChI=1S/C25H25ClFN3O2S/c26-20-11-10-19(29-24(31)23-9-4-12-33-23)14-17(20)15-30(22-8-2-1-7-21(22)28)25(32)16-5-3-6-18(27)13-16/h3-6,9-14,21-22H,1-2,7-8,15,28H2,(H,29,31). The molecular formula is C25H25ClFN3O2S. The van der Waals surface area contributed by atoms with Gasteiger partial charge in [0.25, 0.3) is 11.8 Å². The molecule has 0 saturated heterocycles. The fourth-order valence-electron chi connectivity index (χ4n) is 4.21. The molecule has 1 aliphatic rings. The smallest absolute Gasteiger partial charge is 0.265 e. The summed E-state index contributed by atoms with van der Waals surface area (Å²) in [5.74, 6) is -0.966. The molecule has 8 heteroatoms. The van der Waals surface area contributed by atoms with Crippen molar-refractivity contribution in [2.75, 3.05) is 5.32 Å². The van der Waals surface area contributed by atoms with Crippen LogP contribution >= 0.6 is 22.9 Å².